The smallest absolute Gasteiger partial charge is 0.309 e. The topological polar surface area (TPSA) is 80.7 Å². The number of Topliss-reactive ketones (excluding diaryl/α,β-unsaturated/α-hetero) is 1. The third-order valence-corrected chi connectivity index (χ3v) is 11.5. The summed E-state index contributed by atoms with van der Waals surface area (Å²) in [6, 6.07) is 0. The highest BCUT2D eigenvalue weighted by molar-refractivity contribution is 6.01. The van der Waals surface area contributed by atoms with Gasteiger partial charge in [-0.25, -0.2) is 0 Å². The maximum absolute atomic E-state index is 13.8. The summed E-state index contributed by atoms with van der Waals surface area (Å²) < 4.78 is 6.09. The Morgan fingerprint density at radius 3 is 2.46 bits per heavy atom. The van der Waals surface area contributed by atoms with E-state index >= 15 is 0 Å². The van der Waals surface area contributed by atoms with Crippen molar-refractivity contribution in [3.63, 3.8) is 0 Å². The van der Waals surface area contributed by atoms with Crippen LogP contribution in [0.2, 0.25) is 0 Å². The number of allylic oxidation sites excluding steroid dienone is 3. The Kier molecular flexibility index (Phi) is 5.43. The maximum Gasteiger partial charge on any atom is 0.309 e. The molecule has 0 aromatic rings. The molecule has 4 fully saturated rings. The molecule has 192 valence electrons. The molecule has 1 heterocycles. The van der Waals surface area contributed by atoms with E-state index < -0.39 is 23.0 Å². The summed E-state index contributed by atoms with van der Waals surface area (Å²) in [6.45, 7) is 14.6. The van der Waals surface area contributed by atoms with Crippen molar-refractivity contribution >= 4 is 17.5 Å². The zero-order chi connectivity index (χ0) is 25.7. The largest absolute Gasteiger partial charge is 0.458 e. The normalized spacial score (nSPS) is 47.8. The first-order chi connectivity index (χ1) is 16.2. The molecule has 1 saturated heterocycles. The highest BCUT2D eigenvalue weighted by atomic mass is 16.6. The quantitative estimate of drug-likeness (QED) is 0.441. The van der Waals surface area contributed by atoms with E-state index in [1.807, 2.05) is 19.9 Å². The Hall–Kier alpha value is -1.75. The van der Waals surface area contributed by atoms with Crippen LogP contribution in [0.4, 0.5) is 0 Å². The molecule has 5 aliphatic rings. The van der Waals surface area contributed by atoms with E-state index in [0.29, 0.717) is 19.3 Å². The Bertz CT molecular complexity index is 1050. The minimum absolute atomic E-state index is 0.0321. The highest BCUT2D eigenvalue weighted by Crippen LogP contribution is 2.74. The number of ketones is 2. The Balaban J connectivity index is 1.60. The van der Waals surface area contributed by atoms with Crippen molar-refractivity contribution in [2.75, 3.05) is 0 Å². The summed E-state index contributed by atoms with van der Waals surface area (Å²) in [5.41, 5.74) is 0.349. The van der Waals surface area contributed by atoms with Gasteiger partial charge in [-0.2, -0.15) is 0 Å². The predicted molar refractivity (Wildman–Crippen MR) is 133 cm³/mol. The fraction of sp³-hybridized carbons (Fsp3) is 0.767. The maximum atomic E-state index is 13.8. The number of aliphatic hydroxyl groups is 1. The second-order valence-electron chi connectivity index (χ2n) is 13.6. The van der Waals surface area contributed by atoms with Crippen molar-refractivity contribution in [1.29, 1.82) is 0 Å². The first-order valence-electron chi connectivity index (χ1n) is 13.5. The number of ether oxygens (including phenoxy) is 1. The highest BCUT2D eigenvalue weighted by Gasteiger charge is 2.75. The molecule has 0 radical (unpaired) electrons. The van der Waals surface area contributed by atoms with Gasteiger partial charge in [0, 0.05) is 29.1 Å². The fourth-order valence-electron chi connectivity index (χ4n) is 9.60. The molecule has 3 saturated carbocycles. The van der Waals surface area contributed by atoms with E-state index in [-0.39, 0.29) is 52.0 Å². The van der Waals surface area contributed by atoms with Gasteiger partial charge in [0.25, 0.3) is 0 Å². The zero-order valence-corrected chi connectivity index (χ0v) is 22.4. The molecule has 0 spiro atoms. The molecule has 4 aliphatic carbocycles. The van der Waals surface area contributed by atoms with Crippen molar-refractivity contribution in [3.8, 4) is 0 Å². The average Bonchev–Trinajstić information content (AvgIpc) is 2.87. The lowest BCUT2D eigenvalue weighted by Crippen LogP contribution is -2.60. The fourth-order valence-corrected chi connectivity index (χ4v) is 9.60. The number of fused-ring (bicyclic) bond motifs is 9. The van der Waals surface area contributed by atoms with Crippen LogP contribution in [0.15, 0.2) is 23.3 Å². The van der Waals surface area contributed by atoms with Crippen LogP contribution in [0.5, 0.6) is 0 Å². The van der Waals surface area contributed by atoms with Crippen molar-refractivity contribution in [1.82, 2.24) is 0 Å². The van der Waals surface area contributed by atoms with Crippen LogP contribution >= 0.6 is 0 Å². The van der Waals surface area contributed by atoms with E-state index in [1.54, 1.807) is 0 Å². The Morgan fingerprint density at radius 2 is 1.80 bits per heavy atom. The minimum atomic E-state index is -0.732. The number of aliphatic hydroxyl groups excluding tert-OH is 1. The van der Waals surface area contributed by atoms with Gasteiger partial charge >= 0.3 is 5.97 Å². The van der Waals surface area contributed by atoms with Crippen LogP contribution in [0.1, 0.15) is 87.0 Å². The number of carbonyl (C=O) groups excluding carboxylic acids is 3. The molecule has 5 nitrogen and oxygen atoms in total. The zero-order valence-electron chi connectivity index (χ0n) is 22.4. The molecule has 2 unspecified atom stereocenters. The van der Waals surface area contributed by atoms with Crippen molar-refractivity contribution in [2.24, 2.45) is 45.3 Å². The molecule has 0 aromatic heterocycles. The molecule has 1 aliphatic heterocycles. The number of carbonyl (C=O) groups is 3. The third-order valence-electron chi connectivity index (χ3n) is 11.5. The SMILES string of the molecule is CC(C)=CCC[C@H]1C(=O)OC2[C@H](O)[C@H]1[C@]1(C)CC[C@H]3C(=CC(=O)C4C(C)(C)C(=O)CC[C@@]43C)[C@@]21C. The van der Waals surface area contributed by atoms with Gasteiger partial charge in [0.05, 0.1) is 12.0 Å². The molecule has 9 atom stereocenters. The average molecular weight is 483 g/mol. The van der Waals surface area contributed by atoms with Crippen LogP contribution in [-0.4, -0.2) is 34.9 Å². The van der Waals surface area contributed by atoms with E-state index in [2.05, 4.69) is 40.7 Å². The van der Waals surface area contributed by atoms with Crippen molar-refractivity contribution in [3.05, 3.63) is 23.3 Å². The second-order valence-corrected chi connectivity index (χ2v) is 13.6. The number of hydrogen-bond acceptors (Lipinski definition) is 5. The molecule has 0 aromatic carbocycles. The van der Waals surface area contributed by atoms with Gasteiger partial charge in [-0.15, -0.1) is 0 Å². The molecule has 1 N–H and O–H groups in total. The van der Waals surface area contributed by atoms with Gasteiger partial charge in [0.1, 0.15) is 11.9 Å². The van der Waals surface area contributed by atoms with Crippen LogP contribution < -0.4 is 0 Å². The van der Waals surface area contributed by atoms with Crippen LogP contribution in [0.25, 0.3) is 0 Å². The number of rotatable bonds is 3. The van der Waals surface area contributed by atoms with Crippen molar-refractivity contribution < 1.29 is 24.2 Å². The number of esters is 1. The first-order valence-corrected chi connectivity index (χ1v) is 13.5. The second kappa shape index (κ2) is 7.63. The Morgan fingerprint density at radius 1 is 1.11 bits per heavy atom. The Labute approximate surface area is 209 Å². The summed E-state index contributed by atoms with van der Waals surface area (Å²) in [5.74, 6) is -0.696. The van der Waals surface area contributed by atoms with E-state index in [1.165, 1.54) is 5.57 Å². The molecule has 0 amide bonds. The van der Waals surface area contributed by atoms with Crippen LogP contribution in [0.3, 0.4) is 0 Å². The standard InChI is InChI=1S/C30H42O5/c1-16(2)9-8-10-17-22-23(33)25(35-26(17)34)30(7)19-15-20(31)24-27(3,4)21(32)12-13-28(24,5)18(19)11-14-29(22,30)6/h9,15,17-18,22-25,33H,8,10-14H2,1-7H3/t17-,18+,22+,23-,24?,25?,28-,29+,30+/m1/s1. The molecular formula is C30H42O5. The predicted octanol–water partition coefficient (Wildman–Crippen LogP) is 5.21. The monoisotopic (exact) mass is 482 g/mol. The number of hydrogen-bond donors (Lipinski definition) is 1. The van der Waals surface area contributed by atoms with Gasteiger partial charge in [-0.3, -0.25) is 14.4 Å². The molecular weight excluding hydrogens is 440 g/mol. The van der Waals surface area contributed by atoms with Gasteiger partial charge in [0.2, 0.25) is 0 Å². The molecule has 5 rings (SSSR count). The molecule has 5 heteroatoms. The van der Waals surface area contributed by atoms with E-state index in [0.717, 1.165) is 24.8 Å². The third kappa shape index (κ3) is 3.00. The van der Waals surface area contributed by atoms with Gasteiger partial charge in [-0.05, 0) is 68.8 Å². The summed E-state index contributed by atoms with van der Waals surface area (Å²) in [6.07, 6.45) is 7.05. The van der Waals surface area contributed by atoms with E-state index in [9.17, 15) is 19.5 Å². The summed E-state index contributed by atoms with van der Waals surface area (Å²) in [4.78, 5) is 39.9. The van der Waals surface area contributed by atoms with Gasteiger partial charge in [-0.1, -0.05) is 51.8 Å². The lowest BCUT2D eigenvalue weighted by molar-refractivity contribution is -0.178. The van der Waals surface area contributed by atoms with Crippen LogP contribution in [0, 0.1) is 45.3 Å². The van der Waals surface area contributed by atoms with E-state index in [4.69, 9.17) is 4.74 Å². The van der Waals surface area contributed by atoms with Gasteiger partial charge in [0.15, 0.2) is 5.78 Å². The summed E-state index contributed by atoms with van der Waals surface area (Å²) >= 11 is 0. The first kappa shape index (κ1) is 24.9. The van der Waals surface area contributed by atoms with Gasteiger partial charge < -0.3 is 9.84 Å². The molecule has 2 bridgehead atoms. The molecule has 35 heavy (non-hydrogen) atoms. The summed E-state index contributed by atoms with van der Waals surface area (Å²) in [5, 5.41) is 11.6. The lowest BCUT2D eigenvalue weighted by Gasteiger charge is -2.62. The van der Waals surface area contributed by atoms with Crippen molar-refractivity contribution in [2.45, 2.75) is 99.2 Å². The summed E-state index contributed by atoms with van der Waals surface area (Å²) in [7, 11) is 0. The van der Waals surface area contributed by atoms with Crippen LogP contribution in [-0.2, 0) is 19.1 Å². The lowest BCUT2D eigenvalue weighted by atomic mass is 9.40. The minimum Gasteiger partial charge on any atom is -0.458 e.